The zero-order valence-corrected chi connectivity index (χ0v) is 38.1. The Kier molecular flexibility index (Phi) is 15.9. The van der Waals surface area contributed by atoms with Crippen LogP contribution in [0.5, 0.6) is 0 Å². The summed E-state index contributed by atoms with van der Waals surface area (Å²) in [7, 11) is 3.29. The van der Waals surface area contributed by atoms with E-state index < -0.39 is 83.1 Å². The number of carbonyl (C=O) groups excluding carboxylic acids is 4. The first-order chi connectivity index (χ1) is 29.2. The van der Waals surface area contributed by atoms with Crippen molar-refractivity contribution < 1.29 is 52.4 Å². The van der Waals surface area contributed by atoms with E-state index in [0.717, 1.165) is 18.2 Å². The van der Waals surface area contributed by atoms with Crippen LogP contribution in [0, 0.1) is 17.8 Å². The van der Waals surface area contributed by atoms with Crippen LogP contribution in [0.25, 0.3) is 11.3 Å². The number of esters is 1. The predicted molar refractivity (Wildman–Crippen MR) is 228 cm³/mol. The van der Waals surface area contributed by atoms with Gasteiger partial charge in [-0.15, -0.1) is 6.58 Å². The Morgan fingerprint density at radius 3 is 2.45 bits per heavy atom. The highest BCUT2D eigenvalue weighted by atomic mass is 19.1. The molecule has 3 aliphatic heterocycles. The Bertz CT molecular complexity index is 1880. The van der Waals surface area contributed by atoms with E-state index in [-0.39, 0.29) is 37.3 Å². The number of alkyl halides is 1. The number of nitrogens with zero attached hydrogens (tertiary/aromatic N) is 5. The fourth-order valence-corrected chi connectivity index (χ4v) is 9.82. The van der Waals surface area contributed by atoms with Gasteiger partial charge >= 0.3 is 12.1 Å². The lowest BCUT2D eigenvalue weighted by molar-refractivity contribution is -0.296. The van der Waals surface area contributed by atoms with Gasteiger partial charge in [-0.2, -0.15) is 0 Å². The molecule has 0 spiro atoms. The zero-order chi connectivity index (χ0) is 45.7. The van der Waals surface area contributed by atoms with Crippen LogP contribution in [0.2, 0.25) is 0 Å². The second-order valence-electron chi connectivity index (χ2n) is 18.1. The van der Waals surface area contributed by atoms with Gasteiger partial charge in [-0.05, 0) is 85.4 Å². The molecule has 0 radical (unpaired) electrons. The molecule has 15 nitrogen and oxygen atoms in total. The second-order valence-corrected chi connectivity index (χ2v) is 18.1. The summed E-state index contributed by atoms with van der Waals surface area (Å²) >= 11 is 0. The highest BCUT2D eigenvalue weighted by Crippen LogP contribution is 2.44. The Labute approximate surface area is 365 Å². The Balaban J connectivity index is 1.45. The average Bonchev–Trinajstić information content (AvgIpc) is 3.83. The summed E-state index contributed by atoms with van der Waals surface area (Å²) in [6.45, 7) is 17.8. The van der Waals surface area contributed by atoms with Gasteiger partial charge in [-0.25, -0.2) is 19.0 Å². The standard InChI is InChI=1S/C46H68FN5O10/c1-12-14-20-50(10)34-23-29(4)59-41(37(34)54)61-40-31(6)39(55)45(8,47)42(56)60-35(13-2)46(9)38(30(5)36(53)28(3)24-44(40,7)58-11)52(43(57)62-46)22-16-15-21-51-26-33(49-27-51)32-18-17-19-48-25-32/h12,17-19,25-31,34-35,37-38,40-41,54H,1,13-16,20-24H2,2-11H3/t28-,29-,30+,31+,34+,35-,37?,38?,40-,41+,44-,45+,46-/m1/s1. The third kappa shape index (κ3) is 10.1. The van der Waals surface area contributed by atoms with E-state index in [1.165, 1.54) is 18.9 Å². The number of aliphatic hydroxyl groups is 1. The number of halogens is 1. The van der Waals surface area contributed by atoms with Gasteiger partial charge in [-0.3, -0.25) is 14.6 Å². The van der Waals surface area contributed by atoms with E-state index in [1.54, 1.807) is 59.4 Å². The minimum absolute atomic E-state index is 0.00910. The smallest absolute Gasteiger partial charge is 0.410 e. The van der Waals surface area contributed by atoms with Crippen LogP contribution in [0.3, 0.4) is 0 Å². The topological polar surface area (TPSA) is 172 Å². The number of amides is 1. The van der Waals surface area contributed by atoms with Crippen LogP contribution in [-0.2, 0) is 44.6 Å². The van der Waals surface area contributed by atoms with Crippen LogP contribution >= 0.6 is 0 Å². The maximum atomic E-state index is 17.0. The third-order valence-electron chi connectivity index (χ3n) is 13.4. The summed E-state index contributed by atoms with van der Waals surface area (Å²) in [6.07, 6.45) is 5.27. The Morgan fingerprint density at radius 2 is 1.81 bits per heavy atom. The number of cyclic esters (lactones) is 1. The molecule has 3 saturated heterocycles. The van der Waals surface area contributed by atoms with Crippen molar-refractivity contribution in [2.75, 3.05) is 27.2 Å². The molecule has 1 N–H and O–H groups in total. The van der Waals surface area contributed by atoms with E-state index in [2.05, 4.69) is 16.5 Å². The molecule has 5 rings (SSSR count). The van der Waals surface area contributed by atoms with Crippen molar-refractivity contribution >= 4 is 23.6 Å². The number of ketones is 2. The normalized spacial score (nSPS) is 36.2. The SMILES string of the molecule is C=CCCN(C)[C@H]1C[C@@H](C)O[C@@H](O[C@@H]2[C@@H](C)C(=O)[C@](C)(F)C(=O)O[C@H](CC)[C@@]3(C)OC(=O)N(CCCCn4cnc(-c5cccnc5)c4)C3[C@@H](C)C(=O)[C@H](C)C[C@@]2(C)OC)C1O. The average molecular weight is 870 g/mol. The second kappa shape index (κ2) is 20.2. The molecule has 1 amide bonds. The molecule has 2 aromatic rings. The molecule has 62 heavy (non-hydrogen) atoms. The number of methoxy groups -OCH3 is 1. The van der Waals surface area contributed by atoms with Gasteiger partial charge in [0.1, 0.15) is 18.0 Å². The van der Waals surface area contributed by atoms with Gasteiger partial charge in [0.05, 0.1) is 35.9 Å². The molecule has 3 fully saturated rings. The van der Waals surface area contributed by atoms with Gasteiger partial charge < -0.3 is 43.2 Å². The molecule has 16 heteroatoms. The van der Waals surface area contributed by atoms with E-state index in [9.17, 15) is 24.3 Å². The number of likely N-dealkylation sites (N-methyl/N-ethyl adjacent to an activating group) is 1. The lowest BCUT2D eigenvalue weighted by Crippen LogP contribution is -2.62. The summed E-state index contributed by atoms with van der Waals surface area (Å²) in [4.78, 5) is 69.2. The molecule has 3 aliphatic rings. The highest BCUT2D eigenvalue weighted by Gasteiger charge is 2.61. The maximum Gasteiger partial charge on any atom is 0.410 e. The maximum absolute atomic E-state index is 17.0. The number of aryl methyl sites for hydroxylation is 1. The van der Waals surface area contributed by atoms with Crippen molar-refractivity contribution in [1.29, 1.82) is 0 Å². The predicted octanol–water partition coefficient (Wildman–Crippen LogP) is 5.97. The number of rotatable bonds is 14. The Morgan fingerprint density at radius 1 is 1.10 bits per heavy atom. The van der Waals surface area contributed by atoms with Gasteiger partial charge in [0.15, 0.2) is 17.7 Å². The minimum Gasteiger partial charge on any atom is -0.455 e. The minimum atomic E-state index is -3.19. The van der Waals surface area contributed by atoms with E-state index in [4.69, 9.17) is 23.7 Å². The van der Waals surface area contributed by atoms with Crippen molar-refractivity contribution in [2.24, 2.45) is 17.8 Å². The van der Waals surface area contributed by atoms with Crippen LogP contribution in [0.1, 0.15) is 93.9 Å². The summed E-state index contributed by atoms with van der Waals surface area (Å²) in [5.41, 5.74) is -4.58. The number of ether oxygens (including phenoxy) is 5. The number of unbranched alkanes of at least 4 members (excludes halogenated alkanes) is 1. The fourth-order valence-electron chi connectivity index (χ4n) is 9.82. The van der Waals surface area contributed by atoms with Gasteiger partial charge in [0, 0.05) is 74.7 Å². The van der Waals surface area contributed by atoms with Crippen LogP contribution in [0.15, 0.2) is 49.7 Å². The molecular formula is C46H68FN5O10. The lowest BCUT2D eigenvalue weighted by atomic mass is 9.73. The van der Waals surface area contributed by atoms with Gasteiger partial charge in [0.25, 0.3) is 5.67 Å². The first-order valence-corrected chi connectivity index (χ1v) is 22.0. The van der Waals surface area contributed by atoms with Crippen LogP contribution < -0.4 is 0 Å². The summed E-state index contributed by atoms with van der Waals surface area (Å²) < 4.78 is 49.8. The molecule has 344 valence electrons. The first kappa shape index (κ1) is 48.9. The monoisotopic (exact) mass is 869 g/mol. The molecule has 5 heterocycles. The van der Waals surface area contributed by atoms with Crippen LogP contribution in [-0.4, -0.2) is 140 Å². The number of hydrogen-bond donors (Lipinski definition) is 1. The summed E-state index contributed by atoms with van der Waals surface area (Å²) in [5, 5.41) is 11.7. The van der Waals surface area contributed by atoms with Gasteiger partial charge in [-0.1, -0.05) is 33.8 Å². The zero-order valence-electron chi connectivity index (χ0n) is 38.1. The number of aromatic nitrogens is 3. The fraction of sp³-hybridized carbons (Fsp3) is 0.696. The van der Waals surface area contributed by atoms with Crippen molar-refractivity contribution in [3.05, 3.63) is 49.7 Å². The summed E-state index contributed by atoms with van der Waals surface area (Å²) in [6, 6.07) is 2.46. The van der Waals surface area contributed by atoms with E-state index >= 15 is 4.39 Å². The van der Waals surface area contributed by atoms with E-state index in [0.29, 0.717) is 38.8 Å². The Hall–Kier alpha value is -4.09. The number of carbonyl (C=O) groups is 4. The summed E-state index contributed by atoms with van der Waals surface area (Å²) in [5.74, 6) is -5.83. The molecular weight excluding hydrogens is 802 g/mol. The molecule has 0 aliphatic carbocycles. The third-order valence-corrected chi connectivity index (χ3v) is 13.4. The molecule has 0 saturated carbocycles. The number of hydrogen-bond acceptors (Lipinski definition) is 13. The quantitative estimate of drug-likeness (QED) is 0.102. The first-order valence-electron chi connectivity index (χ1n) is 22.0. The molecule has 2 aromatic heterocycles. The number of Topliss-reactive ketones (excluding diaryl/α,β-unsaturated/α-hetero) is 2. The molecule has 0 aromatic carbocycles. The largest absolute Gasteiger partial charge is 0.455 e. The molecule has 0 bridgehead atoms. The lowest BCUT2D eigenvalue weighted by Gasteiger charge is -2.47. The number of fused-ring (bicyclic) bond motifs is 1. The highest BCUT2D eigenvalue weighted by molar-refractivity contribution is 6.08. The van der Waals surface area contributed by atoms with Gasteiger partial charge in [0.2, 0.25) is 0 Å². The molecule has 2 unspecified atom stereocenters. The number of aliphatic hydroxyl groups excluding tert-OH is 1. The van der Waals surface area contributed by atoms with Crippen LogP contribution in [0.4, 0.5) is 9.18 Å². The van der Waals surface area contributed by atoms with E-state index in [1.807, 2.05) is 41.8 Å². The van der Waals surface area contributed by atoms with Crippen molar-refractivity contribution in [3.63, 3.8) is 0 Å². The number of imidazole rings is 1. The number of pyridine rings is 1. The van der Waals surface area contributed by atoms with Crippen molar-refractivity contribution in [3.8, 4) is 11.3 Å². The van der Waals surface area contributed by atoms with Crippen molar-refractivity contribution in [2.45, 2.75) is 160 Å². The molecule has 13 atom stereocenters. The van der Waals surface area contributed by atoms with Crippen molar-refractivity contribution in [1.82, 2.24) is 24.3 Å².